The number of sulfonamides is 1. The minimum absolute atomic E-state index is 0.161. The van der Waals surface area contributed by atoms with E-state index in [2.05, 4.69) is 11.8 Å². The molecule has 1 aromatic rings. The summed E-state index contributed by atoms with van der Waals surface area (Å²) in [6, 6.07) is 3.98. The highest BCUT2D eigenvalue weighted by Crippen LogP contribution is 2.22. The monoisotopic (exact) mass is 320 g/mol. The summed E-state index contributed by atoms with van der Waals surface area (Å²) in [4.78, 5) is -0.204. The van der Waals surface area contributed by atoms with Gasteiger partial charge in [0, 0.05) is 12.6 Å². The van der Waals surface area contributed by atoms with Crippen LogP contribution < -0.4 is 5.73 Å². The molecule has 0 heterocycles. The van der Waals surface area contributed by atoms with E-state index in [4.69, 9.17) is 5.73 Å². The van der Waals surface area contributed by atoms with Crippen molar-refractivity contribution in [1.82, 2.24) is 4.31 Å². The van der Waals surface area contributed by atoms with Crippen molar-refractivity contribution >= 4 is 10.0 Å². The van der Waals surface area contributed by atoms with Crippen molar-refractivity contribution in [1.29, 1.82) is 0 Å². The Morgan fingerprint density at radius 2 is 1.95 bits per heavy atom. The van der Waals surface area contributed by atoms with E-state index in [0.29, 0.717) is 11.1 Å². The summed E-state index contributed by atoms with van der Waals surface area (Å²) in [5.41, 5.74) is 6.38. The standard InChI is InChI=1S/C13H15F3N2O2S/c1-10-8-12(6-5-11(10)4-3-7-17)21(19,20)18(2)9-13(14,15)16/h5-6,8H,7,9,17H2,1-2H3. The lowest BCUT2D eigenvalue weighted by atomic mass is 10.1. The third-order valence-electron chi connectivity index (χ3n) is 2.63. The molecule has 0 saturated heterocycles. The van der Waals surface area contributed by atoms with Gasteiger partial charge in [-0.2, -0.15) is 17.5 Å². The average molecular weight is 320 g/mol. The molecule has 0 aliphatic heterocycles. The van der Waals surface area contributed by atoms with Gasteiger partial charge in [0.15, 0.2) is 0 Å². The fourth-order valence-electron chi connectivity index (χ4n) is 1.60. The van der Waals surface area contributed by atoms with E-state index in [1.54, 1.807) is 6.92 Å². The minimum Gasteiger partial charge on any atom is -0.320 e. The molecule has 0 amide bonds. The molecule has 0 saturated carbocycles. The van der Waals surface area contributed by atoms with E-state index in [9.17, 15) is 21.6 Å². The number of halogens is 3. The maximum atomic E-state index is 12.3. The zero-order valence-electron chi connectivity index (χ0n) is 11.5. The Labute approximate surface area is 121 Å². The van der Waals surface area contributed by atoms with Gasteiger partial charge in [-0.1, -0.05) is 11.8 Å². The van der Waals surface area contributed by atoms with Crippen LogP contribution in [0, 0.1) is 18.8 Å². The molecule has 0 fully saturated rings. The zero-order chi connectivity index (χ0) is 16.3. The number of aryl methyl sites for hydroxylation is 1. The number of nitrogens with zero attached hydrogens (tertiary/aromatic N) is 1. The van der Waals surface area contributed by atoms with Crippen molar-refractivity contribution < 1.29 is 21.6 Å². The molecule has 0 aliphatic carbocycles. The Morgan fingerprint density at radius 3 is 2.43 bits per heavy atom. The topological polar surface area (TPSA) is 63.4 Å². The first kappa shape index (κ1) is 17.5. The second-order valence-electron chi connectivity index (χ2n) is 4.36. The van der Waals surface area contributed by atoms with Crippen molar-refractivity contribution in [3.63, 3.8) is 0 Å². The Kier molecular flexibility index (Phi) is 5.39. The van der Waals surface area contributed by atoms with Crippen LogP contribution in [0.2, 0.25) is 0 Å². The fraction of sp³-hybridized carbons (Fsp3) is 0.385. The summed E-state index contributed by atoms with van der Waals surface area (Å²) in [5, 5.41) is 0. The average Bonchev–Trinajstić information content (AvgIpc) is 2.35. The maximum absolute atomic E-state index is 12.3. The van der Waals surface area contributed by atoms with Gasteiger partial charge in [-0.05, 0) is 30.7 Å². The number of hydrogen-bond donors (Lipinski definition) is 1. The van der Waals surface area contributed by atoms with Crippen LogP contribution in [-0.4, -0.2) is 39.0 Å². The van der Waals surface area contributed by atoms with Crippen LogP contribution in [0.5, 0.6) is 0 Å². The SMILES string of the molecule is Cc1cc(S(=O)(=O)N(C)CC(F)(F)F)ccc1C#CCN. The molecule has 0 aliphatic rings. The molecule has 1 aromatic carbocycles. The first-order valence-electron chi connectivity index (χ1n) is 5.90. The molecule has 1 rings (SSSR count). The highest BCUT2D eigenvalue weighted by Gasteiger charge is 2.34. The summed E-state index contributed by atoms with van der Waals surface area (Å²) in [5.74, 6) is 5.38. The molecule has 0 aromatic heterocycles. The van der Waals surface area contributed by atoms with Crippen LogP contribution in [0.4, 0.5) is 13.2 Å². The Balaban J connectivity index is 3.13. The van der Waals surface area contributed by atoms with Gasteiger partial charge < -0.3 is 5.73 Å². The Hall–Kier alpha value is -1.56. The Morgan fingerprint density at radius 1 is 1.33 bits per heavy atom. The molecule has 21 heavy (non-hydrogen) atoms. The quantitative estimate of drug-likeness (QED) is 0.858. The van der Waals surface area contributed by atoms with Crippen LogP contribution in [0.1, 0.15) is 11.1 Å². The summed E-state index contributed by atoms with van der Waals surface area (Å²) >= 11 is 0. The van der Waals surface area contributed by atoms with Crippen molar-refractivity contribution in [2.75, 3.05) is 20.1 Å². The van der Waals surface area contributed by atoms with Gasteiger partial charge in [0.05, 0.1) is 11.4 Å². The summed E-state index contributed by atoms with van der Waals surface area (Å²) in [6.07, 6.45) is -4.59. The Bertz CT molecular complexity index is 673. The van der Waals surface area contributed by atoms with E-state index in [-0.39, 0.29) is 15.7 Å². The first-order chi connectivity index (χ1) is 9.58. The summed E-state index contributed by atoms with van der Waals surface area (Å²) < 4.78 is 61.3. The molecule has 0 unspecified atom stereocenters. The van der Waals surface area contributed by atoms with Gasteiger partial charge >= 0.3 is 6.18 Å². The van der Waals surface area contributed by atoms with Gasteiger partial charge in [0.2, 0.25) is 10.0 Å². The van der Waals surface area contributed by atoms with E-state index in [1.165, 1.54) is 18.2 Å². The molecule has 0 atom stereocenters. The number of alkyl halides is 3. The molecule has 116 valence electrons. The highest BCUT2D eigenvalue weighted by atomic mass is 32.2. The van der Waals surface area contributed by atoms with Crippen molar-refractivity contribution in [2.24, 2.45) is 5.73 Å². The van der Waals surface area contributed by atoms with Crippen molar-refractivity contribution in [3.8, 4) is 11.8 Å². The second kappa shape index (κ2) is 6.47. The third-order valence-corrected chi connectivity index (χ3v) is 4.43. The zero-order valence-corrected chi connectivity index (χ0v) is 12.3. The van der Waals surface area contributed by atoms with E-state index in [1.807, 2.05) is 0 Å². The second-order valence-corrected chi connectivity index (χ2v) is 6.40. The lowest BCUT2D eigenvalue weighted by Gasteiger charge is -2.19. The van der Waals surface area contributed by atoms with Crippen LogP contribution >= 0.6 is 0 Å². The van der Waals surface area contributed by atoms with Crippen LogP contribution in [-0.2, 0) is 10.0 Å². The first-order valence-corrected chi connectivity index (χ1v) is 7.34. The lowest BCUT2D eigenvalue weighted by Crippen LogP contribution is -2.35. The summed E-state index contributed by atoms with van der Waals surface area (Å²) in [7, 11) is -3.30. The third kappa shape index (κ3) is 4.74. The van der Waals surface area contributed by atoms with Gasteiger partial charge in [-0.3, -0.25) is 0 Å². The molecule has 0 bridgehead atoms. The van der Waals surface area contributed by atoms with E-state index >= 15 is 0 Å². The molecule has 0 radical (unpaired) electrons. The lowest BCUT2D eigenvalue weighted by molar-refractivity contribution is -0.134. The summed E-state index contributed by atoms with van der Waals surface area (Å²) in [6.45, 7) is 0.250. The molecular formula is C13H15F3N2O2S. The van der Waals surface area contributed by atoms with Crippen molar-refractivity contribution in [2.45, 2.75) is 18.0 Å². The van der Waals surface area contributed by atoms with Crippen LogP contribution in [0.25, 0.3) is 0 Å². The predicted molar refractivity (Wildman–Crippen MR) is 73.0 cm³/mol. The van der Waals surface area contributed by atoms with E-state index in [0.717, 1.165) is 7.05 Å². The smallest absolute Gasteiger partial charge is 0.320 e. The largest absolute Gasteiger partial charge is 0.402 e. The highest BCUT2D eigenvalue weighted by molar-refractivity contribution is 7.89. The van der Waals surface area contributed by atoms with Gasteiger partial charge in [-0.15, -0.1) is 0 Å². The normalized spacial score (nSPS) is 12.1. The van der Waals surface area contributed by atoms with E-state index < -0.39 is 22.7 Å². The maximum Gasteiger partial charge on any atom is 0.402 e. The number of nitrogens with two attached hydrogens (primary N) is 1. The fourth-order valence-corrected chi connectivity index (χ4v) is 2.84. The van der Waals surface area contributed by atoms with Crippen LogP contribution in [0.15, 0.2) is 23.1 Å². The molecule has 8 heteroatoms. The van der Waals surface area contributed by atoms with Crippen molar-refractivity contribution in [3.05, 3.63) is 29.3 Å². The molecule has 4 nitrogen and oxygen atoms in total. The number of rotatable bonds is 3. The predicted octanol–water partition coefficient (Wildman–Crippen LogP) is 1.49. The minimum atomic E-state index is -4.59. The van der Waals surface area contributed by atoms with Gasteiger partial charge in [0.1, 0.15) is 6.54 Å². The molecule has 2 N–H and O–H groups in total. The number of benzene rings is 1. The number of hydrogen-bond acceptors (Lipinski definition) is 3. The van der Waals surface area contributed by atoms with Crippen LogP contribution in [0.3, 0.4) is 0 Å². The molecule has 0 spiro atoms. The molecular weight excluding hydrogens is 305 g/mol. The van der Waals surface area contributed by atoms with Gasteiger partial charge in [0.25, 0.3) is 0 Å². The van der Waals surface area contributed by atoms with Gasteiger partial charge in [-0.25, -0.2) is 8.42 Å².